The number of nitrogens with zero attached hydrogens (tertiary/aromatic N) is 2. The predicted octanol–water partition coefficient (Wildman–Crippen LogP) is 3.90. The zero-order valence-corrected chi connectivity index (χ0v) is 17.0. The fourth-order valence-electron chi connectivity index (χ4n) is 4.48. The minimum atomic E-state index is -0.218. The van der Waals surface area contributed by atoms with Crippen LogP contribution >= 0.6 is 11.6 Å². The van der Waals surface area contributed by atoms with Gasteiger partial charge in [0, 0.05) is 30.7 Å². The maximum atomic E-state index is 13.2. The van der Waals surface area contributed by atoms with E-state index < -0.39 is 0 Å². The summed E-state index contributed by atoms with van der Waals surface area (Å²) in [5.41, 5.74) is 8.26. The van der Waals surface area contributed by atoms with Gasteiger partial charge in [0.2, 0.25) is 0 Å². The third-order valence-electron chi connectivity index (χ3n) is 5.90. The molecule has 4 nitrogen and oxygen atoms in total. The molecule has 0 aliphatic carbocycles. The number of benzene rings is 2. The number of halogens is 2. The van der Waals surface area contributed by atoms with E-state index in [-0.39, 0.29) is 17.4 Å². The average Bonchev–Trinajstić information content (AvgIpc) is 3.14. The van der Waals surface area contributed by atoms with E-state index in [4.69, 9.17) is 17.3 Å². The molecule has 1 amide bonds. The maximum absolute atomic E-state index is 13.2. The number of likely N-dealkylation sites (tertiary alicyclic amines) is 2. The van der Waals surface area contributed by atoms with Crippen LogP contribution in [0.25, 0.3) is 6.08 Å². The molecule has 152 valence electrons. The van der Waals surface area contributed by atoms with Gasteiger partial charge in [0.15, 0.2) is 0 Å². The number of carbonyl (C=O) groups is 1. The highest BCUT2D eigenvalue weighted by Gasteiger charge is 2.40. The highest BCUT2D eigenvalue weighted by atomic mass is 35.5. The maximum Gasteiger partial charge on any atom is 0.269 e. The van der Waals surface area contributed by atoms with Gasteiger partial charge in [-0.15, -0.1) is 0 Å². The molecule has 0 saturated carbocycles. The summed E-state index contributed by atoms with van der Waals surface area (Å²) in [5, 5.41) is 0.614. The normalized spacial score (nSPS) is 22.6. The lowest BCUT2D eigenvalue weighted by atomic mass is 9.91. The van der Waals surface area contributed by atoms with Gasteiger partial charge >= 0.3 is 0 Å². The molecule has 2 heterocycles. The summed E-state index contributed by atoms with van der Waals surface area (Å²) >= 11 is 6.02. The molecule has 2 N–H and O–H groups in total. The molecular weight excluding hydrogens is 389 g/mol. The fraction of sp³-hybridized carbons (Fsp3) is 0.348. The van der Waals surface area contributed by atoms with Crippen LogP contribution in [0.2, 0.25) is 5.02 Å². The third kappa shape index (κ3) is 4.62. The van der Waals surface area contributed by atoms with Gasteiger partial charge in [-0.1, -0.05) is 35.9 Å². The van der Waals surface area contributed by atoms with Crippen molar-refractivity contribution in [1.29, 1.82) is 0 Å². The Morgan fingerprint density at radius 3 is 2.76 bits per heavy atom. The lowest BCUT2D eigenvalue weighted by Gasteiger charge is -2.36. The lowest BCUT2D eigenvalue weighted by Crippen LogP contribution is -2.44. The Kier molecular flexibility index (Phi) is 5.88. The standard InChI is InChI=1S/C23H25ClFN3O/c24-19-5-1-3-17(11-19)12-21(26)23(29)28-14-18-4-2-10-27(22(18)15-28)13-16-6-8-20(25)9-7-16/h1,3,5-9,11-12,18,22H,2,4,10,13-15,26H2/b21-12-. The van der Waals surface area contributed by atoms with Crippen molar-refractivity contribution in [2.24, 2.45) is 11.7 Å². The topological polar surface area (TPSA) is 49.6 Å². The second-order valence-electron chi connectivity index (χ2n) is 7.93. The summed E-state index contributed by atoms with van der Waals surface area (Å²) in [5.74, 6) is 0.109. The van der Waals surface area contributed by atoms with Crippen LogP contribution in [-0.4, -0.2) is 41.4 Å². The van der Waals surface area contributed by atoms with Gasteiger partial charge in [-0.2, -0.15) is 0 Å². The van der Waals surface area contributed by atoms with E-state index in [1.54, 1.807) is 18.2 Å². The molecule has 0 aromatic heterocycles. The van der Waals surface area contributed by atoms with Crippen LogP contribution in [0, 0.1) is 11.7 Å². The van der Waals surface area contributed by atoms with E-state index in [2.05, 4.69) is 4.90 Å². The number of rotatable bonds is 4. The highest BCUT2D eigenvalue weighted by molar-refractivity contribution is 6.30. The van der Waals surface area contributed by atoms with E-state index in [1.807, 2.05) is 29.2 Å². The van der Waals surface area contributed by atoms with E-state index in [0.717, 1.165) is 43.6 Å². The Bertz CT molecular complexity index is 915. The molecule has 2 aliphatic rings. The highest BCUT2D eigenvalue weighted by Crippen LogP contribution is 2.32. The number of amides is 1. The number of hydrogen-bond acceptors (Lipinski definition) is 3. The monoisotopic (exact) mass is 413 g/mol. The van der Waals surface area contributed by atoms with Crippen LogP contribution in [0.15, 0.2) is 54.2 Å². The summed E-state index contributed by atoms with van der Waals surface area (Å²) in [6.07, 6.45) is 3.91. The molecule has 2 unspecified atom stereocenters. The number of carbonyl (C=O) groups excluding carboxylic acids is 1. The molecular formula is C23H25ClFN3O. The summed E-state index contributed by atoms with van der Waals surface area (Å²) < 4.78 is 13.2. The molecule has 2 aromatic rings. The Labute approximate surface area is 175 Å². The Hall–Kier alpha value is -2.37. The largest absolute Gasteiger partial charge is 0.394 e. The Morgan fingerprint density at radius 1 is 1.21 bits per heavy atom. The first-order chi connectivity index (χ1) is 14.0. The molecule has 2 atom stereocenters. The number of fused-ring (bicyclic) bond motifs is 1. The van der Waals surface area contributed by atoms with Gasteiger partial charge in [0.05, 0.1) is 5.70 Å². The van der Waals surface area contributed by atoms with Crippen LogP contribution in [0.1, 0.15) is 24.0 Å². The number of hydrogen-bond donors (Lipinski definition) is 1. The SMILES string of the molecule is N/C(=C\c1cccc(Cl)c1)C(=O)N1CC2CCCN(Cc3ccc(F)cc3)C2C1. The second-order valence-corrected chi connectivity index (χ2v) is 8.37. The fourth-order valence-corrected chi connectivity index (χ4v) is 4.68. The van der Waals surface area contributed by atoms with Gasteiger partial charge in [-0.05, 0) is 66.8 Å². The Balaban J connectivity index is 1.44. The van der Waals surface area contributed by atoms with Crippen molar-refractivity contribution < 1.29 is 9.18 Å². The molecule has 2 fully saturated rings. The molecule has 2 aliphatic heterocycles. The molecule has 2 saturated heterocycles. The van der Waals surface area contributed by atoms with Crippen LogP contribution in [0.4, 0.5) is 4.39 Å². The van der Waals surface area contributed by atoms with Crippen LogP contribution in [-0.2, 0) is 11.3 Å². The van der Waals surface area contributed by atoms with Crippen molar-refractivity contribution >= 4 is 23.6 Å². The van der Waals surface area contributed by atoms with Crippen molar-refractivity contribution in [3.05, 3.63) is 76.2 Å². The number of piperidine rings is 1. The van der Waals surface area contributed by atoms with Crippen molar-refractivity contribution in [1.82, 2.24) is 9.80 Å². The van der Waals surface area contributed by atoms with E-state index >= 15 is 0 Å². The van der Waals surface area contributed by atoms with E-state index in [1.165, 1.54) is 12.1 Å². The summed E-state index contributed by atoms with van der Waals surface area (Å²) in [4.78, 5) is 17.2. The summed E-state index contributed by atoms with van der Waals surface area (Å²) in [6.45, 7) is 3.17. The third-order valence-corrected chi connectivity index (χ3v) is 6.13. The van der Waals surface area contributed by atoms with Gasteiger partial charge in [0.1, 0.15) is 5.82 Å². The number of nitrogens with two attached hydrogens (primary N) is 1. The molecule has 6 heteroatoms. The average molecular weight is 414 g/mol. The van der Waals surface area contributed by atoms with Crippen molar-refractivity contribution in [3.63, 3.8) is 0 Å². The smallest absolute Gasteiger partial charge is 0.269 e. The first kappa shape index (κ1) is 19.9. The Morgan fingerprint density at radius 2 is 2.00 bits per heavy atom. The van der Waals surface area contributed by atoms with Crippen LogP contribution < -0.4 is 5.73 Å². The molecule has 0 spiro atoms. The minimum Gasteiger partial charge on any atom is -0.394 e. The van der Waals surface area contributed by atoms with Gasteiger partial charge in [0.25, 0.3) is 5.91 Å². The first-order valence-corrected chi connectivity index (χ1v) is 10.4. The minimum absolute atomic E-state index is 0.124. The zero-order valence-electron chi connectivity index (χ0n) is 16.2. The van der Waals surface area contributed by atoms with Gasteiger partial charge in [-0.25, -0.2) is 4.39 Å². The first-order valence-electron chi connectivity index (χ1n) is 10.00. The molecule has 0 bridgehead atoms. The lowest BCUT2D eigenvalue weighted by molar-refractivity contribution is -0.126. The van der Waals surface area contributed by atoms with Gasteiger partial charge in [-0.3, -0.25) is 9.69 Å². The molecule has 2 aromatic carbocycles. The van der Waals surface area contributed by atoms with Crippen LogP contribution in [0.3, 0.4) is 0 Å². The van der Waals surface area contributed by atoms with E-state index in [9.17, 15) is 9.18 Å². The van der Waals surface area contributed by atoms with Gasteiger partial charge < -0.3 is 10.6 Å². The molecule has 0 radical (unpaired) electrons. The zero-order chi connectivity index (χ0) is 20.4. The molecule has 4 rings (SSSR count). The van der Waals surface area contributed by atoms with Crippen LogP contribution in [0.5, 0.6) is 0 Å². The second kappa shape index (κ2) is 8.56. The summed E-state index contributed by atoms with van der Waals surface area (Å²) in [6, 6.07) is 14.3. The summed E-state index contributed by atoms with van der Waals surface area (Å²) in [7, 11) is 0. The van der Waals surface area contributed by atoms with E-state index in [0.29, 0.717) is 23.5 Å². The molecule has 29 heavy (non-hydrogen) atoms. The predicted molar refractivity (Wildman–Crippen MR) is 114 cm³/mol. The van der Waals surface area contributed by atoms with Crippen molar-refractivity contribution in [2.75, 3.05) is 19.6 Å². The quantitative estimate of drug-likeness (QED) is 0.773. The van der Waals surface area contributed by atoms with Crippen molar-refractivity contribution in [3.8, 4) is 0 Å². The van der Waals surface area contributed by atoms with Crippen molar-refractivity contribution in [2.45, 2.75) is 25.4 Å².